The van der Waals surface area contributed by atoms with E-state index >= 15 is 8.78 Å². The number of rotatable bonds is 11. The van der Waals surface area contributed by atoms with Crippen molar-refractivity contribution in [2.24, 2.45) is 5.92 Å². The third-order valence-electron chi connectivity index (χ3n) is 12.9. The van der Waals surface area contributed by atoms with Crippen molar-refractivity contribution in [3.63, 3.8) is 0 Å². The summed E-state index contributed by atoms with van der Waals surface area (Å²) in [7, 11) is 2.46. The van der Waals surface area contributed by atoms with Gasteiger partial charge in [0.05, 0.1) is 56.6 Å². The molecule has 3 fully saturated rings. The predicted molar refractivity (Wildman–Crippen MR) is 240 cm³/mol. The van der Waals surface area contributed by atoms with Crippen molar-refractivity contribution in [3.05, 3.63) is 121 Å². The summed E-state index contributed by atoms with van der Waals surface area (Å²) in [4.78, 5) is 71.2. The average Bonchev–Trinajstić information content (AvgIpc) is 4.19. The van der Waals surface area contributed by atoms with Crippen LogP contribution in [-0.2, 0) is 23.8 Å². The van der Waals surface area contributed by atoms with E-state index in [0.717, 1.165) is 56.5 Å². The summed E-state index contributed by atoms with van der Waals surface area (Å²) >= 11 is 0. The Hall–Kier alpha value is -7.14. The Labute approximate surface area is 379 Å². The average molecular weight is 901 g/mol. The Morgan fingerprint density at radius 2 is 1.30 bits per heavy atom. The third-order valence-corrected chi connectivity index (χ3v) is 12.9. The van der Waals surface area contributed by atoms with Gasteiger partial charge < -0.3 is 44.6 Å². The minimum absolute atomic E-state index is 0.234. The number of carbonyl (C=O) groups excluding carboxylic acids is 4. The first-order valence-electron chi connectivity index (χ1n) is 22.0. The smallest absolute Gasteiger partial charge is 0.407 e. The number of nitrogens with one attached hydrogen (secondary N) is 4. The van der Waals surface area contributed by atoms with Gasteiger partial charge in [-0.1, -0.05) is 78.9 Å². The molecule has 3 aliphatic rings. The fourth-order valence-corrected chi connectivity index (χ4v) is 9.42. The molecule has 0 bridgehead atoms. The minimum Gasteiger partial charge on any atom is -0.453 e. The van der Waals surface area contributed by atoms with Gasteiger partial charge in [-0.05, 0) is 76.8 Å². The van der Waals surface area contributed by atoms with Gasteiger partial charge in [0.15, 0.2) is 0 Å². The molecule has 4 amide bonds. The highest BCUT2D eigenvalue weighted by Gasteiger charge is 2.51. The zero-order valence-electron chi connectivity index (χ0n) is 36.5. The zero-order valence-corrected chi connectivity index (χ0v) is 36.5. The molecule has 1 unspecified atom stereocenters. The molecule has 2 aromatic heterocycles. The van der Waals surface area contributed by atoms with Gasteiger partial charge >= 0.3 is 12.2 Å². The predicted octanol–water partition coefficient (Wildman–Crippen LogP) is 8.11. The lowest BCUT2D eigenvalue weighted by Crippen LogP contribution is -2.53. The largest absolute Gasteiger partial charge is 0.453 e. The maximum atomic E-state index is 15.0. The highest BCUT2D eigenvalue weighted by Crippen LogP contribution is 2.42. The van der Waals surface area contributed by atoms with Crippen LogP contribution in [0.25, 0.3) is 44.4 Å². The standard InChI is InChI=1S/C49H50F2N8O7/c1-64-47(62)56-41(31-7-4-3-5-8-31)45(60)58-20-6-9-39(58)43-52-27-38(55-43)36-17-16-34-23-33(14-15-35(34)24-36)29-10-12-30(13-11-29)37-26-53-44(54-37)40-25-49(50,51)28-59(40)46(61)42(57-48(63)65-2)32-18-21-66-22-19-32/h3-5,7-8,10-17,23-24,26-27,32,39-42H,6,9,18-22,25,28H2,1-2H3,(H,52,55)(H,53,54)(H,56,62)(H,57,63)/t39-,40-,41+,42?/m0/s1. The summed E-state index contributed by atoms with van der Waals surface area (Å²) in [6.45, 7) is 0.540. The number of aromatic amines is 2. The second-order valence-electron chi connectivity index (χ2n) is 17.0. The van der Waals surface area contributed by atoms with Crippen LogP contribution in [0, 0.1) is 5.92 Å². The van der Waals surface area contributed by atoms with Crippen LogP contribution >= 0.6 is 0 Å². The molecule has 0 radical (unpaired) electrons. The number of hydrogen-bond donors (Lipinski definition) is 4. The van der Waals surface area contributed by atoms with Gasteiger partial charge in [0.25, 0.3) is 11.8 Å². The summed E-state index contributed by atoms with van der Waals surface area (Å²) in [6, 6.07) is 26.1. The molecule has 9 rings (SSSR count). The number of fused-ring (bicyclic) bond motifs is 1. The molecule has 3 saturated heterocycles. The number of methoxy groups -OCH3 is 2. The molecule has 17 heteroatoms. The molecule has 342 valence electrons. The Balaban J connectivity index is 0.882. The van der Waals surface area contributed by atoms with Gasteiger partial charge in [-0.3, -0.25) is 9.59 Å². The van der Waals surface area contributed by atoms with E-state index in [2.05, 4.69) is 55.9 Å². The van der Waals surface area contributed by atoms with Crippen molar-refractivity contribution in [2.75, 3.05) is 40.5 Å². The Kier molecular flexibility index (Phi) is 12.5. The van der Waals surface area contributed by atoms with E-state index in [1.54, 1.807) is 29.4 Å². The molecule has 4 aromatic carbocycles. The van der Waals surface area contributed by atoms with Crippen molar-refractivity contribution >= 4 is 34.8 Å². The van der Waals surface area contributed by atoms with Crippen molar-refractivity contribution < 1.29 is 42.2 Å². The molecule has 4 atom stereocenters. The number of benzene rings is 4. The summed E-state index contributed by atoms with van der Waals surface area (Å²) < 4.78 is 45.1. The number of carbonyl (C=O) groups is 4. The molecular formula is C49H50F2N8O7. The maximum Gasteiger partial charge on any atom is 0.407 e. The van der Waals surface area contributed by atoms with E-state index in [0.29, 0.717) is 49.7 Å². The van der Waals surface area contributed by atoms with E-state index in [4.69, 9.17) is 19.2 Å². The first-order valence-corrected chi connectivity index (χ1v) is 22.0. The van der Waals surface area contributed by atoms with E-state index in [1.165, 1.54) is 14.2 Å². The monoisotopic (exact) mass is 900 g/mol. The number of imidazole rings is 2. The van der Waals surface area contributed by atoms with Crippen LogP contribution in [0.3, 0.4) is 0 Å². The van der Waals surface area contributed by atoms with Gasteiger partial charge in [0, 0.05) is 31.7 Å². The van der Waals surface area contributed by atoms with Crippen molar-refractivity contribution in [3.8, 4) is 33.6 Å². The third kappa shape index (κ3) is 9.20. The lowest BCUT2D eigenvalue weighted by molar-refractivity contribution is -0.138. The number of nitrogens with zero attached hydrogens (tertiary/aromatic N) is 4. The molecule has 3 aliphatic heterocycles. The van der Waals surface area contributed by atoms with Gasteiger partial charge in [0.2, 0.25) is 5.91 Å². The molecular weight excluding hydrogens is 851 g/mol. The summed E-state index contributed by atoms with van der Waals surface area (Å²) in [5, 5.41) is 7.36. The lowest BCUT2D eigenvalue weighted by atomic mass is 9.90. The van der Waals surface area contributed by atoms with Crippen LogP contribution in [0.1, 0.15) is 67.4 Å². The van der Waals surface area contributed by atoms with Crippen molar-refractivity contribution in [1.82, 2.24) is 40.4 Å². The first kappa shape index (κ1) is 44.1. The number of amides is 4. The second kappa shape index (κ2) is 18.8. The number of ether oxygens (including phenoxy) is 3. The van der Waals surface area contributed by atoms with E-state index < -0.39 is 55.1 Å². The molecule has 5 heterocycles. The van der Waals surface area contributed by atoms with Crippen LogP contribution in [0.15, 0.2) is 103 Å². The summed E-state index contributed by atoms with van der Waals surface area (Å²) in [6.07, 6.45) is 3.77. The molecule has 15 nitrogen and oxygen atoms in total. The number of halogens is 2. The minimum atomic E-state index is -3.15. The number of aromatic nitrogens is 4. The Morgan fingerprint density at radius 1 is 0.712 bits per heavy atom. The van der Waals surface area contributed by atoms with Crippen molar-refractivity contribution in [2.45, 2.75) is 62.2 Å². The van der Waals surface area contributed by atoms with Crippen molar-refractivity contribution in [1.29, 1.82) is 0 Å². The zero-order chi connectivity index (χ0) is 46.0. The van der Waals surface area contributed by atoms with Crippen LogP contribution in [0.5, 0.6) is 0 Å². The number of alkyl carbamates (subject to hydrolysis) is 2. The number of H-pyrrole nitrogens is 2. The quantitative estimate of drug-likeness (QED) is 0.0998. The Morgan fingerprint density at radius 3 is 1.98 bits per heavy atom. The Bertz CT molecular complexity index is 2720. The number of alkyl halides is 2. The molecule has 0 aliphatic carbocycles. The molecule has 4 N–H and O–H groups in total. The van der Waals surface area contributed by atoms with Crippen LogP contribution in [0.4, 0.5) is 18.4 Å². The number of hydrogen-bond acceptors (Lipinski definition) is 9. The van der Waals surface area contributed by atoms with Gasteiger partial charge in [-0.15, -0.1) is 0 Å². The molecule has 6 aromatic rings. The first-order chi connectivity index (χ1) is 32.0. The maximum absolute atomic E-state index is 15.0. The highest BCUT2D eigenvalue weighted by atomic mass is 19.3. The van der Waals surface area contributed by atoms with Crippen LogP contribution in [-0.4, -0.2) is 106 Å². The molecule has 0 spiro atoms. The van der Waals surface area contributed by atoms with E-state index in [9.17, 15) is 19.2 Å². The highest BCUT2D eigenvalue weighted by molar-refractivity contribution is 5.91. The number of likely N-dealkylation sites (tertiary alicyclic amines) is 2. The summed E-state index contributed by atoms with van der Waals surface area (Å²) in [5.41, 5.74) is 5.78. The van der Waals surface area contributed by atoms with Gasteiger partial charge in [-0.25, -0.2) is 28.3 Å². The van der Waals surface area contributed by atoms with Crippen LogP contribution in [0.2, 0.25) is 0 Å². The normalized spacial score (nSPS) is 19.3. The fraction of sp³-hybridized carbons (Fsp3) is 0.347. The SMILES string of the molecule is COC(=O)NC(C(=O)N1CC(F)(F)C[C@H]1c1ncc(-c2ccc(-c3ccc4cc(-c5cnc([C@@H]6CCCN6C(=O)[C@H](NC(=O)OC)c6ccccc6)[nH]5)ccc4c3)cc2)[nH]1)C1CCOCC1. The topological polar surface area (TPSA) is 184 Å². The van der Waals surface area contributed by atoms with Crippen LogP contribution < -0.4 is 10.6 Å². The van der Waals surface area contributed by atoms with Gasteiger partial charge in [0.1, 0.15) is 23.7 Å². The van der Waals surface area contributed by atoms with E-state index in [-0.39, 0.29) is 23.7 Å². The van der Waals surface area contributed by atoms with Gasteiger partial charge in [-0.2, -0.15) is 0 Å². The fourth-order valence-electron chi connectivity index (χ4n) is 9.42. The second-order valence-corrected chi connectivity index (χ2v) is 17.0. The molecule has 66 heavy (non-hydrogen) atoms. The summed E-state index contributed by atoms with van der Waals surface area (Å²) in [5.74, 6) is -3.37. The van der Waals surface area contributed by atoms with E-state index in [1.807, 2.05) is 48.5 Å². The lowest BCUT2D eigenvalue weighted by Gasteiger charge is -2.33. The molecule has 0 saturated carbocycles.